The van der Waals surface area contributed by atoms with Gasteiger partial charge in [0.15, 0.2) is 0 Å². The van der Waals surface area contributed by atoms with Gasteiger partial charge in [0.1, 0.15) is 6.10 Å². The number of aliphatic hydroxyl groups excluding tert-OH is 1. The van der Waals surface area contributed by atoms with E-state index in [-0.39, 0.29) is 19.2 Å². The molecule has 1 unspecified atom stereocenters. The number of hydrogen-bond acceptors (Lipinski definition) is 4. The molecule has 4 nitrogen and oxygen atoms in total. The minimum Gasteiger partial charge on any atom is -0.457 e. The molecule has 0 aliphatic carbocycles. The maximum Gasteiger partial charge on any atom is 0.306 e. The summed E-state index contributed by atoms with van der Waals surface area (Å²) >= 11 is 0. The van der Waals surface area contributed by atoms with Gasteiger partial charge >= 0.3 is 5.97 Å². The van der Waals surface area contributed by atoms with Gasteiger partial charge in [-0.15, -0.1) is 0 Å². The number of aliphatic hydroxyl groups is 1. The molecule has 0 bridgehead atoms. The summed E-state index contributed by atoms with van der Waals surface area (Å²) in [7, 11) is 0. The van der Waals surface area contributed by atoms with Gasteiger partial charge in [0.2, 0.25) is 0 Å². The topological polar surface area (TPSA) is 55.8 Å². The zero-order valence-corrected chi connectivity index (χ0v) is 36.0. The van der Waals surface area contributed by atoms with Crippen molar-refractivity contribution in [2.24, 2.45) is 0 Å². The summed E-state index contributed by atoms with van der Waals surface area (Å²) in [5.41, 5.74) is 0. The number of hydrogen-bond donors (Lipinski definition) is 1. The lowest BCUT2D eigenvalue weighted by Gasteiger charge is -2.15. The third-order valence-corrected chi connectivity index (χ3v) is 8.35. The van der Waals surface area contributed by atoms with E-state index in [2.05, 4.69) is 172 Å². The Labute approximate surface area is 350 Å². The Hall–Kier alpha value is -3.99. The van der Waals surface area contributed by atoms with Crippen LogP contribution in [0.2, 0.25) is 0 Å². The van der Waals surface area contributed by atoms with Gasteiger partial charge in [-0.25, -0.2) is 0 Å². The van der Waals surface area contributed by atoms with Gasteiger partial charge in [0.25, 0.3) is 0 Å². The molecule has 0 rings (SSSR count). The van der Waals surface area contributed by atoms with Crippen molar-refractivity contribution in [3.05, 3.63) is 158 Å². The summed E-state index contributed by atoms with van der Waals surface area (Å²) in [4.78, 5) is 12.2. The van der Waals surface area contributed by atoms with Crippen molar-refractivity contribution in [3.63, 3.8) is 0 Å². The van der Waals surface area contributed by atoms with Crippen molar-refractivity contribution in [3.8, 4) is 0 Å². The molecule has 1 N–H and O–H groups in total. The molecule has 57 heavy (non-hydrogen) atoms. The van der Waals surface area contributed by atoms with Crippen LogP contribution < -0.4 is 0 Å². The van der Waals surface area contributed by atoms with Crippen LogP contribution in [0.4, 0.5) is 0 Å². The Kier molecular flexibility index (Phi) is 44.8. The number of esters is 1. The minimum absolute atomic E-state index is 0.222. The van der Waals surface area contributed by atoms with Crippen molar-refractivity contribution in [1.82, 2.24) is 0 Å². The first-order chi connectivity index (χ1) is 28.2. The van der Waals surface area contributed by atoms with Crippen LogP contribution in [0.3, 0.4) is 0 Å². The van der Waals surface area contributed by atoms with Gasteiger partial charge in [0, 0.05) is 13.0 Å². The van der Waals surface area contributed by atoms with Gasteiger partial charge in [-0.3, -0.25) is 4.79 Å². The predicted molar refractivity (Wildman–Crippen MR) is 250 cm³/mol. The first-order valence-corrected chi connectivity index (χ1v) is 22.1. The molecule has 0 aliphatic heterocycles. The van der Waals surface area contributed by atoms with Crippen LogP contribution in [-0.4, -0.2) is 37.0 Å². The van der Waals surface area contributed by atoms with Crippen molar-refractivity contribution < 1.29 is 19.4 Å². The summed E-state index contributed by atoms with van der Waals surface area (Å²) in [6.07, 6.45) is 76.0. The van der Waals surface area contributed by atoms with Crippen molar-refractivity contribution in [2.45, 2.75) is 148 Å². The molecule has 0 aromatic heterocycles. The summed E-state index contributed by atoms with van der Waals surface area (Å²) in [6.45, 7) is 4.90. The first-order valence-electron chi connectivity index (χ1n) is 22.1. The van der Waals surface area contributed by atoms with Crippen molar-refractivity contribution in [1.29, 1.82) is 0 Å². The third-order valence-electron chi connectivity index (χ3n) is 8.35. The summed E-state index contributed by atoms with van der Waals surface area (Å²) in [5, 5.41) is 9.60. The summed E-state index contributed by atoms with van der Waals surface area (Å²) < 4.78 is 11.1. The van der Waals surface area contributed by atoms with E-state index in [1.165, 1.54) is 0 Å². The van der Waals surface area contributed by atoms with E-state index >= 15 is 0 Å². The first kappa shape index (κ1) is 53.0. The predicted octanol–water partition coefficient (Wildman–Crippen LogP) is 15.0. The molecule has 0 aliphatic rings. The van der Waals surface area contributed by atoms with Crippen LogP contribution in [0.5, 0.6) is 0 Å². The lowest BCUT2D eigenvalue weighted by Crippen LogP contribution is -2.27. The molecule has 0 fully saturated rings. The Bertz CT molecular complexity index is 1280. The normalized spacial score (nSPS) is 13.9. The van der Waals surface area contributed by atoms with E-state index in [1.807, 2.05) is 0 Å². The van der Waals surface area contributed by atoms with E-state index in [9.17, 15) is 9.90 Å². The second-order valence-corrected chi connectivity index (χ2v) is 13.6. The van der Waals surface area contributed by atoms with Crippen LogP contribution in [0.15, 0.2) is 158 Å². The number of allylic oxidation sites excluding steroid dienone is 26. The van der Waals surface area contributed by atoms with Crippen molar-refractivity contribution >= 4 is 5.97 Å². The van der Waals surface area contributed by atoms with Crippen LogP contribution in [0.25, 0.3) is 0 Å². The second-order valence-electron chi connectivity index (χ2n) is 13.6. The van der Waals surface area contributed by atoms with E-state index in [0.717, 1.165) is 122 Å². The van der Waals surface area contributed by atoms with Gasteiger partial charge < -0.3 is 14.6 Å². The smallest absolute Gasteiger partial charge is 0.306 e. The number of unbranched alkanes of at least 4 members (excludes halogenated alkanes) is 4. The van der Waals surface area contributed by atoms with Crippen LogP contribution in [0, 0.1) is 0 Å². The lowest BCUT2D eigenvalue weighted by molar-refractivity contribution is -0.154. The molecule has 316 valence electrons. The van der Waals surface area contributed by atoms with Gasteiger partial charge in [-0.1, -0.05) is 178 Å². The molecular weight excluding hydrogens is 701 g/mol. The standard InChI is InChI=1S/C53H80O4/c1-3-5-7-9-11-13-15-17-19-21-23-25-26-27-28-29-30-32-34-36-38-40-42-44-46-48-53(55)57-52(50-54)51-56-49-47-45-43-41-39-37-35-33-31-24-22-20-18-16-14-12-10-8-6-4-2/h5-8,11-14,17-20,23-25,27-28,30-32,35-38,41,43,52,54H,3-4,9-10,15-16,21-22,26,29,33-34,39-40,42,44-51H2,1-2H3/b7-5-,8-6-,13-11-,14-12-,19-17-,20-18-,25-23-,28-27-,31-24-,32-30-,37-35-,38-36-,43-41-. The van der Waals surface area contributed by atoms with Crippen LogP contribution in [0.1, 0.15) is 142 Å². The largest absolute Gasteiger partial charge is 0.457 e. The zero-order chi connectivity index (χ0) is 41.2. The molecule has 4 heteroatoms. The average molecular weight is 781 g/mol. The SMILES string of the molecule is CC/C=C\C/C=C\C/C=C\C/C=C\C/C=C\C/C=C\C/C=C\CCCCCC(=O)OC(CO)COCCC/C=C\C/C=C\C/C=C\C/C=C\C/C=C\C/C=C\CC. The monoisotopic (exact) mass is 781 g/mol. The molecule has 0 heterocycles. The fraction of sp³-hybridized carbons (Fsp3) is 0.491. The highest BCUT2D eigenvalue weighted by atomic mass is 16.6. The van der Waals surface area contributed by atoms with Crippen LogP contribution >= 0.6 is 0 Å². The van der Waals surface area contributed by atoms with E-state index in [4.69, 9.17) is 9.47 Å². The zero-order valence-electron chi connectivity index (χ0n) is 36.0. The number of carbonyl (C=O) groups is 1. The van der Waals surface area contributed by atoms with Crippen molar-refractivity contribution in [2.75, 3.05) is 19.8 Å². The number of rotatable bonds is 38. The molecular formula is C53H80O4. The lowest BCUT2D eigenvalue weighted by atomic mass is 10.1. The molecule has 0 aromatic rings. The highest BCUT2D eigenvalue weighted by Crippen LogP contribution is 2.07. The minimum atomic E-state index is -0.597. The number of ether oxygens (including phenoxy) is 2. The quantitative estimate of drug-likeness (QED) is 0.0385. The van der Waals surface area contributed by atoms with E-state index in [0.29, 0.717) is 13.0 Å². The Morgan fingerprint density at radius 3 is 1.07 bits per heavy atom. The third kappa shape index (κ3) is 46.3. The molecule has 0 amide bonds. The van der Waals surface area contributed by atoms with E-state index in [1.54, 1.807) is 0 Å². The van der Waals surface area contributed by atoms with Gasteiger partial charge in [0.05, 0.1) is 13.2 Å². The molecule has 0 saturated heterocycles. The molecule has 0 spiro atoms. The highest BCUT2D eigenvalue weighted by Gasteiger charge is 2.13. The summed E-state index contributed by atoms with van der Waals surface area (Å²) in [6, 6.07) is 0. The Morgan fingerprint density at radius 1 is 0.421 bits per heavy atom. The maximum atomic E-state index is 12.2. The van der Waals surface area contributed by atoms with Gasteiger partial charge in [-0.05, 0) is 116 Å². The fourth-order valence-corrected chi connectivity index (χ4v) is 5.15. The number of carbonyl (C=O) groups excluding carboxylic acids is 1. The Balaban J connectivity index is 3.70. The maximum absolute atomic E-state index is 12.2. The summed E-state index contributed by atoms with van der Waals surface area (Å²) in [5.74, 6) is -0.260. The molecule has 0 aromatic carbocycles. The highest BCUT2D eigenvalue weighted by molar-refractivity contribution is 5.69. The molecule has 0 radical (unpaired) electrons. The Morgan fingerprint density at radius 2 is 0.737 bits per heavy atom. The molecule has 1 atom stereocenters. The van der Waals surface area contributed by atoms with Crippen LogP contribution in [-0.2, 0) is 14.3 Å². The molecule has 0 saturated carbocycles. The van der Waals surface area contributed by atoms with E-state index < -0.39 is 6.10 Å². The van der Waals surface area contributed by atoms with Gasteiger partial charge in [-0.2, -0.15) is 0 Å². The average Bonchev–Trinajstić information content (AvgIpc) is 3.22. The fourth-order valence-electron chi connectivity index (χ4n) is 5.15. The second kappa shape index (κ2) is 48.2.